The molecule has 13 nitrogen and oxygen atoms in total. The molecule has 0 spiro atoms. The third-order valence-electron chi connectivity index (χ3n) is 1.99. The molecule has 0 bridgehead atoms. The number of carbonyl (C=O) groups excluding carboxylic acids is 2. The molecular weight excluding hydrogens is 362 g/mol. The van der Waals surface area contributed by atoms with Crippen LogP contribution in [0.15, 0.2) is 0 Å². The molecule has 3 unspecified atom stereocenters. The smallest absolute Gasteiger partial charge is 0.321 e. The van der Waals surface area contributed by atoms with Crippen LogP contribution in [0.1, 0.15) is 12.8 Å². The van der Waals surface area contributed by atoms with Crippen molar-refractivity contribution in [1.82, 2.24) is 0 Å². The van der Waals surface area contributed by atoms with Crippen molar-refractivity contribution in [3.05, 3.63) is 0 Å². The summed E-state index contributed by atoms with van der Waals surface area (Å²) in [5.41, 5.74) is 24.1. The van der Waals surface area contributed by atoms with E-state index in [4.69, 9.17) is 32.5 Å². The Morgan fingerprint density at radius 3 is 0.960 bits per heavy atom. The van der Waals surface area contributed by atoms with Crippen LogP contribution < -0.4 is 28.7 Å². The van der Waals surface area contributed by atoms with Crippen LogP contribution in [0.5, 0.6) is 0 Å². The Kier molecular flexibility index (Phi) is 16.6. The van der Waals surface area contributed by atoms with Gasteiger partial charge >= 0.3 is 17.9 Å². The molecule has 0 aromatic rings. The van der Waals surface area contributed by atoms with Crippen molar-refractivity contribution >= 4 is 42.4 Å². The fourth-order valence-corrected chi connectivity index (χ4v) is 0.842. The summed E-state index contributed by atoms with van der Waals surface area (Å²) in [4.78, 5) is 49.5. The van der Waals surface area contributed by atoms with Gasteiger partial charge in [-0.2, -0.15) is 12.6 Å². The number of rotatable bonds is 8. The molecule has 0 aliphatic heterocycles. The van der Waals surface area contributed by atoms with E-state index >= 15 is 0 Å². The minimum atomic E-state index is -1.21. The highest BCUT2D eigenvalue weighted by Gasteiger charge is 2.13. The van der Waals surface area contributed by atoms with Crippen LogP contribution in [0.4, 0.5) is 0 Å². The number of aliphatic carboxylic acids is 3. The second-order valence-electron chi connectivity index (χ2n) is 4.36. The Labute approximate surface area is 147 Å². The van der Waals surface area contributed by atoms with Crippen LogP contribution in [-0.2, 0) is 24.0 Å². The number of hydrogen-bond acceptors (Lipinski definition) is 9. The summed E-state index contributed by atoms with van der Waals surface area (Å²) in [5.74, 6) is -4.65. The number of primary amides is 2. The maximum Gasteiger partial charge on any atom is 0.321 e. The molecule has 0 aromatic carbocycles. The summed E-state index contributed by atoms with van der Waals surface area (Å²) in [6, 6.07) is -3.15. The van der Waals surface area contributed by atoms with Crippen LogP contribution in [-0.4, -0.2) is 68.9 Å². The molecule has 14 heteroatoms. The second-order valence-corrected chi connectivity index (χ2v) is 4.72. The summed E-state index contributed by atoms with van der Waals surface area (Å²) < 4.78 is 0. The highest BCUT2D eigenvalue weighted by Crippen LogP contribution is 1.85. The van der Waals surface area contributed by atoms with E-state index in [1.165, 1.54) is 0 Å². The first-order valence-corrected chi connectivity index (χ1v) is 7.02. The molecule has 0 heterocycles. The van der Waals surface area contributed by atoms with Crippen LogP contribution >= 0.6 is 12.6 Å². The third-order valence-corrected chi connectivity index (χ3v) is 2.38. The zero-order chi connectivity index (χ0) is 20.7. The van der Waals surface area contributed by atoms with Crippen molar-refractivity contribution in [3.8, 4) is 0 Å². The van der Waals surface area contributed by atoms with Gasteiger partial charge in [-0.05, 0) is 0 Å². The van der Waals surface area contributed by atoms with Crippen molar-refractivity contribution < 1.29 is 39.3 Å². The van der Waals surface area contributed by atoms with Gasteiger partial charge in [-0.15, -0.1) is 0 Å². The van der Waals surface area contributed by atoms with E-state index in [1.807, 2.05) is 0 Å². The topological polar surface area (TPSA) is 276 Å². The normalized spacial score (nSPS) is 12.8. The number of carboxylic acid groups (broad SMARTS) is 3. The number of nitrogens with two attached hydrogens (primary N) is 5. The average molecular weight is 385 g/mol. The first-order valence-electron chi connectivity index (χ1n) is 6.38. The largest absolute Gasteiger partial charge is 0.480 e. The number of thiol groups is 1. The molecule has 0 aliphatic carbocycles. The Morgan fingerprint density at radius 2 is 0.920 bits per heavy atom. The lowest BCUT2D eigenvalue weighted by Crippen LogP contribution is -2.34. The van der Waals surface area contributed by atoms with Gasteiger partial charge in [0.1, 0.15) is 18.1 Å². The van der Waals surface area contributed by atoms with Crippen LogP contribution in [0.25, 0.3) is 0 Å². The highest BCUT2D eigenvalue weighted by atomic mass is 32.1. The molecule has 0 saturated carbocycles. The van der Waals surface area contributed by atoms with Crippen molar-refractivity contribution in [3.63, 3.8) is 0 Å². The molecule has 3 atom stereocenters. The standard InChI is InChI=1S/2C4H8N2O3.C3H7NO2S/c2*5-2(4(8)9)1-3(6)7;4-2(1-7)3(5)6/h2*2H,1,5H2,(H2,6,7)(H,8,9);2,7H,1,4H2,(H,5,6). The van der Waals surface area contributed by atoms with Crippen molar-refractivity contribution in [2.75, 3.05) is 5.75 Å². The van der Waals surface area contributed by atoms with Gasteiger partial charge in [0.15, 0.2) is 0 Å². The van der Waals surface area contributed by atoms with Crippen molar-refractivity contribution in [2.24, 2.45) is 28.7 Å². The van der Waals surface area contributed by atoms with E-state index in [-0.39, 0.29) is 18.6 Å². The fraction of sp³-hybridized carbons (Fsp3) is 0.545. The first kappa shape index (κ1) is 27.4. The maximum absolute atomic E-state index is 9.99. The molecule has 0 fully saturated rings. The summed E-state index contributed by atoms with van der Waals surface area (Å²) in [6.45, 7) is 0. The Bertz CT molecular complexity index is 443. The van der Waals surface area contributed by atoms with E-state index in [0.29, 0.717) is 0 Å². The van der Waals surface area contributed by atoms with Gasteiger partial charge in [-0.3, -0.25) is 24.0 Å². The SMILES string of the molecule is NC(=O)CC(N)C(=O)O.NC(=O)CC(N)C(=O)O.NC(CS)C(=O)O. The monoisotopic (exact) mass is 385 g/mol. The lowest BCUT2D eigenvalue weighted by molar-refractivity contribution is -0.140. The molecule has 0 aliphatic rings. The van der Waals surface area contributed by atoms with E-state index in [9.17, 15) is 24.0 Å². The number of carboxylic acids is 3. The molecule has 0 aromatic heterocycles. The van der Waals surface area contributed by atoms with E-state index in [0.717, 1.165) is 0 Å². The van der Waals surface area contributed by atoms with Gasteiger partial charge in [0, 0.05) is 5.75 Å². The minimum absolute atomic E-state index is 0.190. The highest BCUT2D eigenvalue weighted by molar-refractivity contribution is 7.80. The summed E-state index contributed by atoms with van der Waals surface area (Å²) in [7, 11) is 0. The molecular formula is C11H23N5O8S. The lowest BCUT2D eigenvalue weighted by atomic mass is 10.2. The summed E-state index contributed by atoms with van der Waals surface area (Å²) in [5, 5.41) is 24.2. The zero-order valence-electron chi connectivity index (χ0n) is 13.1. The Hall–Kier alpha value is -2.42. The molecule has 2 amide bonds. The van der Waals surface area contributed by atoms with Gasteiger partial charge in [-0.1, -0.05) is 0 Å². The van der Waals surface area contributed by atoms with Crippen LogP contribution in [0, 0.1) is 0 Å². The predicted molar refractivity (Wildman–Crippen MR) is 88.3 cm³/mol. The quantitative estimate of drug-likeness (QED) is 0.181. The molecule has 0 saturated heterocycles. The van der Waals surface area contributed by atoms with E-state index in [1.54, 1.807) is 0 Å². The van der Waals surface area contributed by atoms with Gasteiger partial charge in [-0.25, -0.2) is 0 Å². The summed E-state index contributed by atoms with van der Waals surface area (Å²) >= 11 is 3.65. The van der Waals surface area contributed by atoms with Gasteiger partial charge in [0.05, 0.1) is 12.8 Å². The zero-order valence-corrected chi connectivity index (χ0v) is 14.0. The van der Waals surface area contributed by atoms with Crippen molar-refractivity contribution in [1.29, 1.82) is 0 Å². The first-order chi connectivity index (χ1) is 11.3. The summed E-state index contributed by atoms with van der Waals surface area (Å²) in [6.07, 6.45) is -0.620. The maximum atomic E-state index is 9.99. The molecule has 25 heavy (non-hydrogen) atoms. The van der Waals surface area contributed by atoms with E-state index in [2.05, 4.69) is 24.1 Å². The fourth-order valence-electron chi connectivity index (χ4n) is 0.686. The predicted octanol–water partition coefficient (Wildman–Crippen LogP) is -4.12. The number of carbonyl (C=O) groups is 5. The number of hydrogen-bond donors (Lipinski definition) is 9. The third kappa shape index (κ3) is 21.6. The van der Waals surface area contributed by atoms with Gasteiger partial charge in [0.2, 0.25) is 11.8 Å². The molecule has 13 N–H and O–H groups in total. The van der Waals surface area contributed by atoms with E-state index < -0.39 is 47.8 Å². The second kappa shape index (κ2) is 15.1. The average Bonchev–Trinajstić information content (AvgIpc) is 2.45. The van der Waals surface area contributed by atoms with Gasteiger partial charge < -0.3 is 44.0 Å². The Morgan fingerprint density at radius 1 is 0.680 bits per heavy atom. The molecule has 146 valence electrons. The van der Waals surface area contributed by atoms with Crippen molar-refractivity contribution in [2.45, 2.75) is 31.0 Å². The van der Waals surface area contributed by atoms with Crippen LogP contribution in [0.3, 0.4) is 0 Å². The molecule has 0 radical (unpaired) electrons. The van der Waals surface area contributed by atoms with Gasteiger partial charge in [0.25, 0.3) is 0 Å². The number of amides is 2. The lowest BCUT2D eigenvalue weighted by Gasteiger charge is -1.99. The van der Waals surface area contributed by atoms with Crippen LogP contribution in [0.2, 0.25) is 0 Å². The molecule has 0 rings (SSSR count). The Balaban J connectivity index is -0.000000293. The minimum Gasteiger partial charge on any atom is -0.480 e.